The van der Waals surface area contributed by atoms with Crippen molar-refractivity contribution in [3.05, 3.63) is 34.9 Å². The van der Waals surface area contributed by atoms with E-state index in [0.29, 0.717) is 6.04 Å². The largest absolute Gasteiger partial charge is 0.312 e. The SMILES string of the molecule is CN[C@]1(c2ccccc2Cl)CCCC[C@@H]1NCCCN1CCN(C)CC1.Cl.Cl.Cl.Cl. The average Bonchev–Trinajstić information content (AvgIpc) is 2.67. The second-order valence-corrected chi connectivity index (χ2v) is 8.36. The first-order chi connectivity index (χ1) is 12.7. The van der Waals surface area contributed by atoms with Crippen LogP contribution in [0.5, 0.6) is 0 Å². The van der Waals surface area contributed by atoms with Gasteiger partial charge in [0.05, 0.1) is 5.54 Å². The fourth-order valence-corrected chi connectivity index (χ4v) is 4.98. The van der Waals surface area contributed by atoms with Crippen molar-refractivity contribution in [1.29, 1.82) is 0 Å². The van der Waals surface area contributed by atoms with E-state index in [2.05, 4.69) is 46.7 Å². The van der Waals surface area contributed by atoms with Crippen molar-refractivity contribution in [1.82, 2.24) is 20.4 Å². The number of halogens is 5. The third-order valence-corrected chi connectivity index (χ3v) is 6.68. The Morgan fingerprint density at radius 3 is 2.33 bits per heavy atom. The van der Waals surface area contributed by atoms with Crippen LogP contribution < -0.4 is 10.6 Å². The van der Waals surface area contributed by atoms with Gasteiger partial charge in [0, 0.05) is 37.2 Å². The molecule has 0 unspecified atom stereocenters. The molecule has 2 fully saturated rings. The molecule has 1 aliphatic heterocycles. The topological polar surface area (TPSA) is 30.5 Å². The van der Waals surface area contributed by atoms with Crippen LogP contribution in [0.15, 0.2) is 24.3 Å². The first kappa shape index (κ1) is 32.7. The van der Waals surface area contributed by atoms with E-state index >= 15 is 0 Å². The maximum absolute atomic E-state index is 6.59. The second-order valence-electron chi connectivity index (χ2n) is 7.95. The summed E-state index contributed by atoms with van der Waals surface area (Å²) in [7, 11) is 4.31. The van der Waals surface area contributed by atoms with Gasteiger partial charge >= 0.3 is 0 Å². The maximum Gasteiger partial charge on any atom is 0.0602 e. The number of hydrogen-bond acceptors (Lipinski definition) is 4. The van der Waals surface area contributed by atoms with Gasteiger partial charge in [-0.25, -0.2) is 0 Å². The van der Waals surface area contributed by atoms with Crippen LogP contribution in [-0.2, 0) is 5.54 Å². The van der Waals surface area contributed by atoms with Gasteiger partial charge in [0.25, 0.3) is 0 Å². The highest BCUT2D eigenvalue weighted by Gasteiger charge is 2.41. The Morgan fingerprint density at radius 2 is 1.70 bits per heavy atom. The normalized spacial score (nSPS) is 24.6. The van der Waals surface area contributed by atoms with Crippen LogP contribution in [0.4, 0.5) is 0 Å². The summed E-state index contributed by atoms with van der Waals surface area (Å²) in [6.45, 7) is 7.09. The maximum atomic E-state index is 6.59. The van der Waals surface area contributed by atoms with Gasteiger partial charge in [0.1, 0.15) is 0 Å². The Hall–Kier alpha value is 0.510. The predicted octanol–water partition coefficient (Wildman–Crippen LogP) is 4.61. The van der Waals surface area contributed by atoms with Crippen LogP contribution in [0.3, 0.4) is 0 Å². The van der Waals surface area contributed by atoms with Crippen molar-refractivity contribution in [3.63, 3.8) is 0 Å². The minimum atomic E-state index is -0.0512. The summed E-state index contributed by atoms with van der Waals surface area (Å²) in [5, 5.41) is 8.42. The lowest BCUT2D eigenvalue weighted by atomic mass is 9.72. The molecule has 2 N–H and O–H groups in total. The monoisotopic (exact) mass is 522 g/mol. The minimum Gasteiger partial charge on any atom is -0.312 e. The predicted molar refractivity (Wildman–Crippen MR) is 140 cm³/mol. The lowest BCUT2D eigenvalue weighted by molar-refractivity contribution is 0.147. The summed E-state index contributed by atoms with van der Waals surface area (Å²) in [5.41, 5.74) is 1.20. The van der Waals surface area contributed by atoms with Gasteiger partial charge in [0.2, 0.25) is 0 Å². The molecule has 1 aromatic rings. The first-order valence-electron chi connectivity index (χ1n) is 10.2. The van der Waals surface area contributed by atoms with E-state index < -0.39 is 0 Å². The smallest absolute Gasteiger partial charge is 0.0602 e. The molecule has 1 saturated carbocycles. The number of likely N-dealkylation sites (N-methyl/N-ethyl adjacent to an activating group) is 2. The molecule has 1 heterocycles. The van der Waals surface area contributed by atoms with Crippen molar-refractivity contribution in [3.8, 4) is 0 Å². The first-order valence-corrected chi connectivity index (χ1v) is 10.6. The summed E-state index contributed by atoms with van der Waals surface area (Å²) in [5.74, 6) is 0. The molecule has 0 amide bonds. The van der Waals surface area contributed by atoms with E-state index in [1.807, 2.05) is 12.1 Å². The van der Waals surface area contributed by atoms with Gasteiger partial charge in [-0.3, -0.25) is 0 Å². The third kappa shape index (κ3) is 8.13. The number of piperazine rings is 1. The molecule has 1 aliphatic carbocycles. The zero-order chi connectivity index (χ0) is 18.4. The zero-order valence-corrected chi connectivity index (χ0v) is 22.1. The standard InChI is InChI=1S/C21H35ClN4.4ClH/c1-23-21(18-8-3-4-9-19(18)22)11-6-5-10-20(21)24-12-7-13-26-16-14-25(2)15-17-26;;;;/h3-4,8-9,20,23-24H,5-7,10-17H2,1-2H3;4*1H/t20-,21-;;;;/m0..../s1. The molecule has 9 heteroatoms. The molecule has 0 aromatic heterocycles. The van der Waals surface area contributed by atoms with E-state index in [1.54, 1.807) is 0 Å². The van der Waals surface area contributed by atoms with Gasteiger partial charge in [-0.15, -0.1) is 49.6 Å². The molecule has 1 aromatic carbocycles. The number of nitrogens with one attached hydrogen (secondary N) is 2. The van der Waals surface area contributed by atoms with E-state index in [-0.39, 0.29) is 55.2 Å². The highest BCUT2D eigenvalue weighted by Crippen LogP contribution is 2.40. The Balaban J connectivity index is 0. The van der Waals surface area contributed by atoms with Crippen LogP contribution in [0, 0.1) is 0 Å². The molecule has 178 valence electrons. The molecular weight excluding hydrogens is 486 g/mol. The van der Waals surface area contributed by atoms with Crippen molar-refractivity contribution >= 4 is 61.2 Å². The molecule has 2 aliphatic rings. The van der Waals surface area contributed by atoms with E-state index in [0.717, 1.165) is 18.0 Å². The molecule has 1 saturated heterocycles. The molecule has 0 bridgehead atoms. The van der Waals surface area contributed by atoms with E-state index in [9.17, 15) is 0 Å². The van der Waals surface area contributed by atoms with Gasteiger partial charge in [-0.1, -0.05) is 42.6 Å². The summed E-state index contributed by atoms with van der Waals surface area (Å²) in [6.07, 6.45) is 6.11. The van der Waals surface area contributed by atoms with Gasteiger partial charge in [0.15, 0.2) is 0 Å². The summed E-state index contributed by atoms with van der Waals surface area (Å²) in [4.78, 5) is 5.02. The fraction of sp³-hybridized carbons (Fsp3) is 0.714. The number of rotatable bonds is 7. The van der Waals surface area contributed by atoms with Gasteiger partial charge in [-0.2, -0.15) is 0 Å². The van der Waals surface area contributed by atoms with E-state index in [1.165, 1.54) is 64.0 Å². The van der Waals surface area contributed by atoms with Gasteiger partial charge in [-0.05, 0) is 58.1 Å². The highest BCUT2D eigenvalue weighted by atomic mass is 35.5. The van der Waals surface area contributed by atoms with Crippen LogP contribution in [0.2, 0.25) is 5.02 Å². The Kier molecular flexibility index (Phi) is 17.6. The van der Waals surface area contributed by atoms with Crippen molar-refractivity contribution in [2.45, 2.75) is 43.7 Å². The quantitative estimate of drug-likeness (QED) is 0.510. The fourth-order valence-electron chi connectivity index (χ4n) is 4.68. The summed E-state index contributed by atoms with van der Waals surface area (Å²) < 4.78 is 0. The van der Waals surface area contributed by atoms with Crippen molar-refractivity contribution in [2.75, 3.05) is 53.4 Å². The van der Waals surface area contributed by atoms with Crippen molar-refractivity contribution < 1.29 is 0 Å². The number of nitrogens with zero attached hydrogens (tertiary/aromatic N) is 2. The van der Waals surface area contributed by atoms with Crippen LogP contribution in [-0.4, -0.2) is 69.2 Å². The van der Waals surface area contributed by atoms with Crippen LogP contribution in [0.1, 0.15) is 37.7 Å². The van der Waals surface area contributed by atoms with Crippen LogP contribution in [0.25, 0.3) is 0 Å². The molecule has 0 spiro atoms. The number of benzene rings is 1. The summed E-state index contributed by atoms with van der Waals surface area (Å²) >= 11 is 6.59. The van der Waals surface area contributed by atoms with Gasteiger partial charge < -0.3 is 20.4 Å². The minimum absolute atomic E-state index is 0. The molecule has 30 heavy (non-hydrogen) atoms. The zero-order valence-electron chi connectivity index (χ0n) is 18.1. The molecule has 2 atom stereocenters. The molecule has 4 nitrogen and oxygen atoms in total. The third-order valence-electron chi connectivity index (χ3n) is 6.35. The second kappa shape index (κ2) is 16.2. The average molecular weight is 525 g/mol. The lowest BCUT2D eigenvalue weighted by Crippen LogP contribution is -2.58. The Morgan fingerprint density at radius 1 is 1.03 bits per heavy atom. The Labute approximate surface area is 212 Å². The molecule has 3 rings (SSSR count). The van der Waals surface area contributed by atoms with E-state index in [4.69, 9.17) is 11.6 Å². The highest BCUT2D eigenvalue weighted by molar-refractivity contribution is 6.31. The molecule has 0 radical (unpaired) electrons. The Bertz CT molecular complexity index is 572. The van der Waals surface area contributed by atoms with Crippen molar-refractivity contribution in [2.24, 2.45) is 0 Å². The number of hydrogen-bond donors (Lipinski definition) is 2. The lowest BCUT2D eigenvalue weighted by Gasteiger charge is -2.45. The van der Waals surface area contributed by atoms with Crippen LogP contribution >= 0.6 is 61.2 Å². The summed E-state index contributed by atoms with van der Waals surface area (Å²) in [6, 6.07) is 8.79. The molecular formula is C21H39Cl5N4.